The van der Waals surface area contributed by atoms with Crippen molar-refractivity contribution in [2.24, 2.45) is 0 Å². The van der Waals surface area contributed by atoms with E-state index in [4.69, 9.17) is 0 Å². The number of anilines is 2. The van der Waals surface area contributed by atoms with E-state index < -0.39 is 27.3 Å². The number of nitrogens with zero attached hydrogens (tertiary/aromatic N) is 3. The van der Waals surface area contributed by atoms with Crippen LogP contribution in [0, 0.1) is 12.7 Å². The van der Waals surface area contributed by atoms with Crippen LogP contribution in [0.15, 0.2) is 53.7 Å². The Morgan fingerprint density at radius 1 is 1.13 bits per heavy atom. The standard InChI is InChI=1S/C20H22FN5O3S/c1-13-9-10-14(30(28,29)25-17-8-6-5-7-16(17)21)11-15(13)18(27)24-19-22-12-23-26(19)20(2,3)4/h5-12,25H,1-4H3,(H,22,23,24,27). The fourth-order valence-electron chi connectivity index (χ4n) is 2.75. The summed E-state index contributed by atoms with van der Waals surface area (Å²) in [5.41, 5.74) is 0.125. The first-order valence-electron chi connectivity index (χ1n) is 9.09. The van der Waals surface area contributed by atoms with Crippen molar-refractivity contribution in [1.82, 2.24) is 14.8 Å². The Kier molecular flexibility index (Phi) is 5.62. The summed E-state index contributed by atoms with van der Waals surface area (Å²) >= 11 is 0. The number of aromatic nitrogens is 3. The highest BCUT2D eigenvalue weighted by Crippen LogP contribution is 2.22. The minimum atomic E-state index is -4.11. The number of carbonyl (C=O) groups excluding carboxylic acids is 1. The van der Waals surface area contributed by atoms with Crippen molar-refractivity contribution in [3.05, 3.63) is 65.7 Å². The summed E-state index contributed by atoms with van der Waals surface area (Å²) in [5.74, 6) is -0.994. The normalized spacial score (nSPS) is 11.9. The molecule has 0 radical (unpaired) electrons. The molecule has 2 N–H and O–H groups in total. The Hall–Kier alpha value is -3.27. The minimum absolute atomic E-state index is 0.148. The van der Waals surface area contributed by atoms with Crippen molar-refractivity contribution in [1.29, 1.82) is 0 Å². The smallest absolute Gasteiger partial charge is 0.262 e. The van der Waals surface area contributed by atoms with Crippen LogP contribution in [0.1, 0.15) is 36.7 Å². The molecule has 0 aliphatic heterocycles. The number of carbonyl (C=O) groups is 1. The average Bonchev–Trinajstić information content (AvgIpc) is 3.12. The van der Waals surface area contributed by atoms with Gasteiger partial charge in [0.15, 0.2) is 0 Å². The monoisotopic (exact) mass is 431 g/mol. The number of hydrogen-bond acceptors (Lipinski definition) is 5. The van der Waals surface area contributed by atoms with Crippen LogP contribution in [-0.4, -0.2) is 29.1 Å². The predicted molar refractivity (Wildman–Crippen MR) is 111 cm³/mol. The molecule has 0 spiro atoms. The number of halogens is 1. The third-order valence-corrected chi connectivity index (χ3v) is 5.65. The molecule has 0 aliphatic rings. The van der Waals surface area contributed by atoms with Crippen molar-refractivity contribution in [2.75, 3.05) is 10.0 Å². The topological polar surface area (TPSA) is 106 Å². The highest BCUT2D eigenvalue weighted by molar-refractivity contribution is 7.92. The Morgan fingerprint density at radius 2 is 1.83 bits per heavy atom. The number of amides is 1. The van der Waals surface area contributed by atoms with Crippen molar-refractivity contribution in [2.45, 2.75) is 38.1 Å². The van der Waals surface area contributed by atoms with Crippen LogP contribution in [-0.2, 0) is 15.6 Å². The third-order valence-electron chi connectivity index (χ3n) is 4.29. The van der Waals surface area contributed by atoms with Crippen LogP contribution in [0.25, 0.3) is 0 Å². The number of nitrogens with one attached hydrogen (secondary N) is 2. The summed E-state index contributed by atoms with van der Waals surface area (Å²) in [5, 5.41) is 6.78. The molecule has 0 saturated heterocycles. The van der Waals surface area contributed by atoms with Gasteiger partial charge >= 0.3 is 0 Å². The van der Waals surface area contributed by atoms with Gasteiger partial charge in [0.05, 0.1) is 16.1 Å². The van der Waals surface area contributed by atoms with Gasteiger partial charge in [-0.3, -0.25) is 14.8 Å². The van der Waals surface area contributed by atoms with Gasteiger partial charge in [0.1, 0.15) is 12.1 Å². The molecule has 0 fully saturated rings. The SMILES string of the molecule is Cc1ccc(S(=O)(=O)Nc2ccccc2F)cc1C(=O)Nc1ncnn1C(C)(C)C. The fraction of sp³-hybridized carbons (Fsp3) is 0.250. The third kappa shape index (κ3) is 4.48. The molecular formula is C20H22FN5O3S. The first kappa shape index (κ1) is 21.4. The van der Waals surface area contributed by atoms with Crippen molar-refractivity contribution in [3.63, 3.8) is 0 Å². The molecule has 158 valence electrons. The lowest BCUT2D eigenvalue weighted by Gasteiger charge is -2.21. The van der Waals surface area contributed by atoms with E-state index in [9.17, 15) is 17.6 Å². The maximum Gasteiger partial charge on any atom is 0.262 e. The maximum atomic E-state index is 13.8. The maximum absolute atomic E-state index is 13.8. The summed E-state index contributed by atoms with van der Waals surface area (Å²) in [4.78, 5) is 16.7. The summed E-state index contributed by atoms with van der Waals surface area (Å²) in [6.45, 7) is 7.41. The first-order chi connectivity index (χ1) is 14.0. The van der Waals surface area contributed by atoms with Gasteiger partial charge in [-0.25, -0.2) is 17.5 Å². The molecule has 0 unspecified atom stereocenters. The first-order valence-corrected chi connectivity index (χ1v) is 10.6. The van der Waals surface area contributed by atoms with Gasteiger partial charge < -0.3 is 0 Å². The van der Waals surface area contributed by atoms with E-state index >= 15 is 0 Å². The van der Waals surface area contributed by atoms with E-state index in [1.807, 2.05) is 20.8 Å². The average molecular weight is 431 g/mol. The second-order valence-corrected chi connectivity index (χ2v) is 9.36. The van der Waals surface area contributed by atoms with Crippen LogP contribution < -0.4 is 10.0 Å². The molecule has 0 atom stereocenters. The molecule has 8 nitrogen and oxygen atoms in total. The Labute approximate surface area is 174 Å². The quantitative estimate of drug-likeness (QED) is 0.643. The molecule has 1 aromatic heterocycles. The molecule has 3 aromatic rings. The lowest BCUT2D eigenvalue weighted by molar-refractivity contribution is 0.102. The lowest BCUT2D eigenvalue weighted by Crippen LogP contribution is -2.27. The molecular weight excluding hydrogens is 409 g/mol. The van der Waals surface area contributed by atoms with Gasteiger partial charge in [-0.1, -0.05) is 18.2 Å². The zero-order valence-corrected chi connectivity index (χ0v) is 17.8. The number of hydrogen-bond donors (Lipinski definition) is 2. The molecule has 30 heavy (non-hydrogen) atoms. The number of sulfonamides is 1. The van der Waals surface area contributed by atoms with Gasteiger partial charge in [-0.2, -0.15) is 10.1 Å². The zero-order chi connectivity index (χ0) is 22.1. The molecule has 2 aromatic carbocycles. The summed E-state index contributed by atoms with van der Waals surface area (Å²) in [7, 11) is -4.11. The molecule has 10 heteroatoms. The molecule has 1 amide bonds. The van der Waals surface area contributed by atoms with E-state index in [-0.39, 0.29) is 22.1 Å². The lowest BCUT2D eigenvalue weighted by atomic mass is 10.1. The Balaban J connectivity index is 1.91. The summed E-state index contributed by atoms with van der Waals surface area (Å²) in [6, 6.07) is 9.54. The number of benzene rings is 2. The second kappa shape index (κ2) is 7.86. The van der Waals surface area contributed by atoms with Crippen LogP contribution in [0.3, 0.4) is 0 Å². The minimum Gasteiger partial charge on any atom is -0.291 e. The van der Waals surface area contributed by atoms with Gasteiger partial charge in [0, 0.05) is 5.56 Å². The van der Waals surface area contributed by atoms with Gasteiger partial charge in [0.2, 0.25) is 5.95 Å². The van der Waals surface area contributed by atoms with E-state index in [0.29, 0.717) is 5.56 Å². The molecule has 3 rings (SSSR count). The molecule has 0 aliphatic carbocycles. The highest BCUT2D eigenvalue weighted by atomic mass is 32.2. The van der Waals surface area contributed by atoms with Crippen molar-refractivity contribution in [3.8, 4) is 0 Å². The zero-order valence-electron chi connectivity index (χ0n) is 17.0. The van der Waals surface area contributed by atoms with Gasteiger partial charge in [-0.15, -0.1) is 0 Å². The van der Waals surface area contributed by atoms with E-state index in [0.717, 1.165) is 6.07 Å². The van der Waals surface area contributed by atoms with Crippen LogP contribution in [0.5, 0.6) is 0 Å². The van der Waals surface area contributed by atoms with E-state index in [2.05, 4.69) is 20.1 Å². The predicted octanol–water partition coefficient (Wildman–Crippen LogP) is 3.53. The molecule has 0 saturated carbocycles. The number of rotatable bonds is 5. The van der Waals surface area contributed by atoms with Crippen LogP contribution >= 0.6 is 0 Å². The number of aryl methyl sites for hydroxylation is 1. The van der Waals surface area contributed by atoms with Crippen molar-refractivity contribution < 1.29 is 17.6 Å². The van der Waals surface area contributed by atoms with Crippen LogP contribution in [0.2, 0.25) is 0 Å². The largest absolute Gasteiger partial charge is 0.291 e. The van der Waals surface area contributed by atoms with E-state index in [1.54, 1.807) is 11.6 Å². The fourth-order valence-corrected chi connectivity index (χ4v) is 3.84. The van der Waals surface area contributed by atoms with E-state index in [1.165, 1.54) is 42.7 Å². The van der Waals surface area contributed by atoms with Crippen molar-refractivity contribution >= 4 is 27.6 Å². The Morgan fingerprint density at radius 3 is 2.50 bits per heavy atom. The molecule has 1 heterocycles. The second-order valence-electron chi connectivity index (χ2n) is 7.68. The molecule has 0 bridgehead atoms. The summed E-state index contributed by atoms with van der Waals surface area (Å²) < 4.78 is 43.0. The van der Waals surface area contributed by atoms with Crippen LogP contribution in [0.4, 0.5) is 16.0 Å². The number of para-hydroxylation sites is 1. The summed E-state index contributed by atoms with van der Waals surface area (Å²) in [6.07, 6.45) is 1.33. The highest BCUT2D eigenvalue weighted by Gasteiger charge is 2.23. The van der Waals surface area contributed by atoms with Gasteiger partial charge in [-0.05, 0) is 57.5 Å². The Bertz CT molecular complexity index is 1200. The van der Waals surface area contributed by atoms with Gasteiger partial charge in [0.25, 0.3) is 15.9 Å².